The van der Waals surface area contributed by atoms with Crippen molar-refractivity contribution in [3.63, 3.8) is 0 Å². The van der Waals surface area contributed by atoms with Gasteiger partial charge in [0, 0.05) is 18.1 Å². The van der Waals surface area contributed by atoms with Crippen molar-refractivity contribution in [2.24, 2.45) is 0 Å². The monoisotopic (exact) mass is 405 g/mol. The summed E-state index contributed by atoms with van der Waals surface area (Å²) in [4.78, 5) is 27.4. The fraction of sp³-hybridized carbons (Fsp3) is 0.111. The first-order chi connectivity index (χ1) is 12.7. The van der Waals surface area contributed by atoms with Gasteiger partial charge in [0.1, 0.15) is 0 Å². The Labute approximate surface area is 160 Å². The van der Waals surface area contributed by atoms with Gasteiger partial charge < -0.3 is 10.3 Å². The van der Waals surface area contributed by atoms with Crippen LogP contribution in [-0.4, -0.2) is 30.1 Å². The fourth-order valence-electron chi connectivity index (χ4n) is 2.63. The van der Waals surface area contributed by atoms with E-state index in [9.17, 15) is 18.0 Å². The summed E-state index contributed by atoms with van der Waals surface area (Å²) in [6.45, 7) is 1.75. The molecular formula is C18H16ClN3O4S. The van der Waals surface area contributed by atoms with Crippen molar-refractivity contribution in [1.82, 2.24) is 9.55 Å². The van der Waals surface area contributed by atoms with Crippen molar-refractivity contribution < 1.29 is 13.2 Å². The Morgan fingerprint density at radius 1 is 1.19 bits per heavy atom. The summed E-state index contributed by atoms with van der Waals surface area (Å²) < 4.78 is 24.9. The molecule has 140 valence electrons. The second-order valence-corrected chi connectivity index (χ2v) is 8.38. The first kappa shape index (κ1) is 18.9. The number of benzene rings is 2. The van der Waals surface area contributed by atoms with Gasteiger partial charge in [-0.25, -0.2) is 13.2 Å². The Morgan fingerprint density at radius 3 is 2.52 bits per heavy atom. The topological polar surface area (TPSA) is 101 Å². The number of anilines is 1. The van der Waals surface area contributed by atoms with Crippen molar-refractivity contribution in [1.29, 1.82) is 0 Å². The quantitative estimate of drug-likeness (QED) is 0.696. The van der Waals surface area contributed by atoms with Crippen LogP contribution in [-0.2, 0) is 9.84 Å². The molecule has 2 aromatic carbocycles. The number of para-hydroxylation sites is 2. The second-order valence-electron chi connectivity index (χ2n) is 5.96. The van der Waals surface area contributed by atoms with Gasteiger partial charge >= 0.3 is 5.69 Å². The number of imidazole rings is 1. The standard InChI is InChI=1S/C18H16ClN3O4S/c1-11-10-20-18(24)22(11)16-6-4-3-5-15(16)21-17(23)13-9-12(27(2,25)26)7-8-14(13)19/h3-10H,1-2H3,(H,20,24)(H,21,23). The predicted octanol–water partition coefficient (Wildman–Crippen LogP) is 2.78. The highest BCUT2D eigenvalue weighted by atomic mass is 35.5. The highest BCUT2D eigenvalue weighted by Crippen LogP contribution is 2.24. The number of amides is 1. The molecule has 27 heavy (non-hydrogen) atoms. The molecule has 0 radical (unpaired) electrons. The molecule has 0 saturated heterocycles. The lowest BCUT2D eigenvalue weighted by atomic mass is 10.2. The summed E-state index contributed by atoms with van der Waals surface area (Å²) in [6, 6.07) is 10.7. The van der Waals surface area contributed by atoms with E-state index in [2.05, 4.69) is 10.3 Å². The van der Waals surface area contributed by atoms with Crippen molar-refractivity contribution in [3.8, 4) is 5.69 Å². The van der Waals surface area contributed by atoms with E-state index in [1.807, 2.05) is 0 Å². The van der Waals surface area contributed by atoms with Crippen LogP contribution in [0.1, 0.15) is 16.1 Å². The third kappa shape index (κ3) is 3.81. The Hall–Kier alpha value is -2.84. The smallest absolute Gasteiger partial charge is 0.320 e. The SMILES string of the molecule is Cc1c[nH]c(=O)n1-c1ccccc1NC(=O)c1cc(S(C)(=O)=O)ccc1Cl. The Bertz CT molecular complexity index is 1200. The highest BCUT2D eigenvalue weighted by Gasteiger charge is 2.18. The largest absolute Gasteiger partial charge is 0.330 e. The summed E-state index contributed by atoms with van der Waals surface area (Å²) in [5.41, 5.74) is 1.20. The number of carbonyl (C=O) groups excluding carboxylic acids is 1. The van der Waals surface area contributed by atoms with E-state index >= 15 is 0 Å². The fourth-order valence-corrected chi connectivity index (χ4v) is 3.48. The zero-order valence-electron chi connectivity index (χ0n) is 14.5. The zero-order valence-corrected chi connectivity index (χ0v) is 16.1. The average Bonchev–Trinajstić information content (AvgIpc) is 2.93. The van der Waals surface area contributed by atoms with Gasteiger partial charge in [-0.1, -0.05) is 23.7 Å². The predicted molar refractivity (Wildman–Crippen MR) is 104 cm³/mol. The van der Waals surface area contributed by atoms with Crippen LogP contribution in [0.4, 0.5) is 5.69 Å². The Balaban J connectivity index is 2.03. The van der Waals surface area contributed by atoms with Crippen molar-refractivity contribution >= 4 is 33.0 Å². The molecule has 3 rings (SSSR count). The average molecular weight is 406 g/mol. The van der Waals surface area contributed by atoms with E-state index in [-0.39, 0.29) is 21.2 Å². The van der Waals surface area contributed by atoms with Gasteiger partial charge in [-0.2, -0.15) is 0 Å². The van der Waals surface area contributed by atoms with Crippen LogP contribution in [0.25, 0.3) is 5.69 Å². The molecule has 0 aliphatic rings. The van der Waals surface area contributed by atoms with E-state index < -0.39 is 15.7 Å². The highest BCUT2D eigenvalue weighted by molar-refractivity contribution is 7.90. The number of nitrogens with zero attached hydrogens (tertiary/aromatic N) is 1. The maximum atomic E-state index is 12.7. The van der Waals surface area contributed by atoms with Gasteiger partial charge in [-0.3, -0.25) is 9.36 Å². The number of hydrogen-bond acceptors (Lipinski definition) is 4. The van der Waals surface area contributed by atoms with Crippen LogP contribution in [0.15, 0.2) is 58.4 Å². The lowest BCUT2D eigenvalue weighted by molar-refractivity contribution is 0.102. The molecule has 0 unspecified atom stereocenters. The van der Waals surface area contributed by atoms with Crippen LogP contribution in [0.5, 0.6) is 0 Å². The lowest BCUT2D eigenvalue weighted by Gasteiger charge is -2.13. The van der Waals surface area contributed by atoms with Crippen LogP contribution < -0.4 is 11.0 Å². The lowest BCUT2D eigenvalue weighted by Crippen LogP contribution is -2.20. The molecule has 0 fully saturated rings. The molecule has 9 heteroatoms. The summed E-state index contributed by atoms with van der Waals surface area (Å²) in [5.74, 6) is -0.584. The molecular weight excluding hydrogens is 390 g/mol. The molecule has 0 saturated carbocycles. The number of nitrogens with one attached hydrogen (secondary N) is 2. The normalized spacial score (nSPS) is 11.4. The third-order valence-corrected chi connectivity index (χ3v) is 5.40. The van der Waals surface area contributed by atoms with Crippen LogP contribution in [0, 0.1) is 6.92 Å². The molecule has 0 bridgehead atoms. The molecule has 7 nitrogen and oxygen atoms in total. The second kappa shape index (κ2) is 7.05. The van der Waals surface area contributed by atoms with Gasteiger partial charge in [-0.05, 0) is 37.3 Å². The van der Waals surface area contributed by atoms with Gasteiger partial charge in [0.2, 0.25) is 0 Å². The molecule has 1 heterocycles. The van der Waals surface area contributed by atoms with Gasteiger partial charge in [-0.15, -0.1) is 0 Å². The van der Waals surface area contributed by atoms with Gasteiger partial charge in [0.15, 0.2) is 9.84 Å². The Kier molecular flexibility index (Phi) is 4.95. The van der Waals surface area contributed by atoms with E-state index in [1.54, 1.807) is 37.4 Å². The number of rotatable bonds is 4. The van der Waals surface area contributed by atoms with Gasteiger partial charge in [0.25, 0.3) is 5.91 Å². The first-order valence-corrected chi connectivity index (χ1v) is 10.1. The summed E-state index contributed by atoms with van der Waals surface area (Å²) in [7, 11) is -3.49. The number of aromatic amines is 1. The van der Waals surface area contributed by atoms with Crippen molar-refractivity contribution in [3.05, 3.63) is 75.4 Å². The number of carbonyl (C=O) groups is 1. The minimum Gasteiger partial charge on any atom is -0.320 e. The molecule has 1 amide bonds. The Morgan fingerprint density at radius 2 is 1.89 bits per heavy atom. The van der Waals surface area contributed by atoms with Crippen molar-refractivity contribution in [2.75, 3.05) is 11.6 Å². The van der Waals surface area contributed by atoms with E-state index in [1.165, 1.54) is 22.8 Å². The number of hydrogen-bond donors (Lipinski definition) is 2. The van der Waals surface area contributed by atoms with Crippen molar-refractivity contribution in [2.45, 2.75) is 11.8 Å². The molecule has 0 aliphatic carbocycles. The first-order valence-electron chi connectivity index (χ1n) is 7.86. The molecule has 3 aromatic rings. The minimum absolute atomic E-state index is 0.0111. The molecule has 0 aliphatic heterocycles. The van der Waals surface area contributed by atoms with E-state index in [4.69, 9.17) is 11.6 Å². The molecule has 1 aromatic heterocycles. The number of halogens is 1. The third-order valence-electron chi connectivity index (χ3n) is 3.96. The maximum absolute atomic E-state index is 12.7. The molecule has 0 spiro atoms. The van der Waals surface area contributed by atoms with E-state index in [0.717, 1.165) is 6.26 Å². The van der Waals surface area contributed by atoms with Crippen LogP contribution >= 0.6 is 11.6 Å². The summed E-state index contributed by atoms with van der Waals surface area (Å²) in [6.07, 6.45) is 2.61. The summed E-state index contributed by atoms with van der Waals surface area (Å²) >= 11 is 6.08. The minimum atomic E-state index is -3.49. The maximum Gasteiger partial charge on any atom is 0.330 e. The van der Waals surface area contributed by atoms with Gasteiger partial charge in [0.05, 0.1) is 26.9 Å². The summed E-state index contributed by atoms with van der Waals surface area (Å²) in [5, 5.41) is 2.82. The number of sulfone groups is 1. The van der Waals surface area contributed by atoms with Crippen LogP contribution in [0.2, 0.25) is 5.02 Å². The number of H-pyrrole nitrogens is 1. The zero-order chi connectivity index (χ0) is 19.8. The molecule has 2 N–H and O–H groups in total. The van der Waals surface area contributed by atoms with E-state index in [0.29, 0.717) is 17.1 Å². The molecule has 0 atom stereocenters. The van der Waals surface area contributed by atoms with Crippen LogP contribution in [0.3, 0.4) is 0 Å². The number of aromatic nitrogens is 2. The number of aryl methyl sites for hydroxylation is 1.